The molecule has 1 heterocycles. The molecule has 4 rings (SSSR count). The number of nitrogens with one attached hydrogen (secondary N) is 2. The van der Waals surface area contributed by atoms with Gasteiger partial charge >= 0.3 is 18.2 Å². The third-order valence-electron chi connectivity index (χ3n) is 7.47. The van der Waals surface area contributed by atoms with Gasteiger partial charge in [-0.1, -0.05) is 12.1 Å². The molecule has 2 aromatic carbocycles. The van der Waals surface area contributed by atoms with Gasteiger partial charge in [-0.05, 0) is 93.5 Å². The molecule has 0 spiro atoms. The van der Waals surface area contributed by atoms with E-state index in [0.717, 1.165) is 61.2 Å². The van der Waals surface area contributed by atoms with Gasteiger partial charge in [0.05, 0.1) is 14.2 Å². The van der Waals surface area contributed by atoms with E-state index in [4.69, 9.17) is 19.4 Å². The Labute approximate surface area is 234 Å². The van der Waals surface area contributed by atoms with Crippen LogP contribution in [-0.2, 0) is 10.2 Å². The molecule has 0 bridgehead atoms. The molecule has 0 radical (unpaired) electrons. The number of aliphatic carboxylic acids is 1. The second-order valence-corrected chi connectivity index (χ2v) is 10.7. The molecule has 1 aliphatic heterocycles. The van der Waals surface area contributed by atoms with E-state index >= 15 is 0 Å². The molecular formula is C27H33F4N3O5S. The van der Waals surface area contributed by atoms with Crippen LogP contribution in [0.15, 0.2) is 41.3 Å². The van der Waals surface area contributed by atoms with Crippen molar-refractivity contribution < 1.29 is 41.7 Å². The molecule has 8 nitrogen and oxygen atoms in total. The maximum atomic E-state index is 13.5. The van der Waals surface area contributed by atoms with Gasteiger partial charge in [-0.2, -0.15) is 13.2 Å². The third kappa shape index (κ3) is 7.30. The van der Waals surface area contributed by atoms with Gasteiger partial charge in [0, 0.05) is 22.4 Å². The number of carbonyl (C=O) groups is 2. The van der Waals surface area contributed by atoms with Crippen molar-refractivity contribution in [3.05, 3.63) is 53.3 Å². The molecule has 1 saturated carbocycles. The molecule has 3 unspecified atom stereocenters. The fourth-order valence-electron chi connectivity index (χ4n) is 5.39. The fourth-order valence-corrected chi connectivity index (χ4v) is 6.06. The second kappa shape index (κ2) is 13.0. The smallest absolute Gasteiger partial charge is 0.490 e. The van der Waals surface area contributed by atoms with Gasteiger partial charge in [0.1, 0.15) is 5.82 Å². The molecule has 220 valence electrons. The number of fused-ring (bicyclic) bond motifs is 1. The lowest BCUT2D eigenvalue weighted by molar-refractivity contribution is -0.192. The van der Waals surface area contributed by atoms with Gasteiger partial charge < -0.3 is 24.8 Å². The van der Waals surface area contributed by atoms with Crippen LogP contribution in [0.5, 0.6) is 11.5 Å². The van der Waals surface area contributed by atoms with Gasteiger partial charge in [0.15, 0.2) is 11.5 Å². The van der Waals surface area contributed by atoms with E-state index in [0.29, 0.717) is 10.9 Å². The minimum Gasteiger partial charge on any atom is -0.493 e. The van der Waals surface area contributed by atoms with E-state index in [9.17, 15) is 22.4 Å². The highest BCUT2D eigenvalue weighted by molar-refractivity contribution is 7.98. The number of rotatable bonds is 6. The summed E-state index contributed by atoms with van der Waals surface area (Å²) in [5.41, 5.74) is 2.23. The first-order valence-electron chi connectivity index (χ1n) is 12.5. The van der Waals surface area contributed by atoms with Crippen molar-refractivity contribution in [3.8, 4) is 11.5 Å². The van der Waals surface area contributed by atoms with Gasteiger partial charge in [-0.3, -0.25) is 4.72 Å². The van der Waals surface area contributed by atoms with Crippen molar-refractivity contribution in [1.82, 2.24) is 14.9 Å². The molecule has 40 heavy (non-hydrogen) atoms. The van der Waals surface area contributed by atoms with E-state index in [1.807, 2.05) is 13.0 Å². The van der Waals surface area contributed by atoms with Crippen molar-refractivity contribution in [1.29, 1.82) is 0 Å². The molecule has 2 fully saturated rings. The Kier molecular flexibility index (Phi) is 10.2. The molecule has 3 atom stereocenters. The minimum absolute atomic E-state index is 0.0381. The SMILES string of the molecule is COc1ccc(C23CCC(NC(=O)NSc4cc(F)ccc4C)CC2N(C)CC3)cc1OC.O=C(O)C(F)(F)F. The number of ether oxygens (including phenoxy) is 2. The zero-order chi connectivity index (χ0) is 29.7. The quantitative estimate of drug-likeness (QED) is 0.312. The summed E-state index contributed by atoms with van der Waals surface area (Å²) in [6, 6.07) is 11.0. The lowest BCUT2D eigenvalue weighted by Gasteiger charge is -2.45. The van der Waals surface area contributed by atoms with E-state index in [1.165, 1.54) is 17.7 Å². The molecule has 2 amide bonds. The van der Waals surface area contributed by atoms with Gasteiger partial charge in [-0.15, -0.1) is 0 Å². The molecule has 13 heteroatoms. The first-order valence-corrected chi connectivity index (χ1v) is 13.3. The minimum atomic E-state index is -5.08. The lowest BCUT2D eigenvalue weighted by Crippen LogP contribution is -2.52. The zero-order valence-electron chi connectivity index (χ0n) is 22.6. The van der Waals surface area contributed by atoms with Crippen molar-refractivity contribution in [2.45, 2.75) is 61.2 Å². The second-order valence-electron chi connectivity index (χ2n) is 9.83. The van der Waals surface area contributed by atoms with Crippen LogP contribution in [0.4, 0.5) is 22.4 Å². The number of likely N-dealkylation sites (N-methyl/N-ethyl adjacent to an activating group) is 1. The number of carboxylic acids is 1. The average molecular weight is 588 g/mol. The van der Waals surface area contributed by atoms with E-state index in [-0.39, 0.29) is 23.3 Å². The zero-order valence-corrected chi connectivity index (χ0v) is 23.4. The number of likely N-dealkylation sites (tertiary alicyclic amines) is 1. The van der Waals surface area contributed by atoms with Gasteiger partial charge in [0.25, 0.3) is 0 Å². The molecular weight excluding hydrogens is 554 g/mol. The van der Waals surface area contributed by atoms with Crippen LogP contribution in [0.25, 0.3) is 0 Å². The third-order valence-corrected chi connectivity index (χ3v) is 8.41. The first kappa shape index (κ1) is 31.3. The monoisotopic (exact) mass is 587 g/mol. The standard InChI is InChI=1S/C25H32FN3O3S.C2HF3O2/c1-16-5-7-18(26)14-22(16)33-28-24(30)27-19-9-10-25(11-12-29(2)23(25)15-19)17-6-8-20(31-3)21(13-17)32-4;3-2(4,5)1(6)7/h5-8,13-14,19,23H,9-12,15H2,1-4H3,(H2,27,28,30);(H,6,7). The number of alkyl halides is 3. The molecule has 2 aromatic rings. The van der Waals surface area contributed by atoms with E-state index in [1.54, 1.807) is 20.3 Å². The maximum absolute atomic E-state index is 13.5. The van der Waals surface area contributed by atoms with Gasteiger partial charge in [-0.25, -0.2) is 14.0 Å². The molecule has 1 aliphatic carbocycles. The largest absolute Gasteiger partial charge is 0.493 e. The summed E-state index contributed by atoms with van der Waals surface area (Å²) in [5.74, 6) is -1.58. The van der Waals surface area contributed by atoms with E-state index in [2.05, 4.69) is 34.1 Å². The summed E-state index contributed by atoms with van der Waals surface area (Å²) in [5, 5.41) is 10.3. The highest BCUT2D eigenvalue weighted by atomic mass is 32.2. The Hall–Kier alpha value is -3.19. The maximum Gasteiger partial charge on any atom is 0.490 e. The number of urea groups is 1. The van der Waals surface area contributed by atoms with Crippen molar-refractivity contribution in [2.24, 2.45) is 0 Å². The Morgan fingerprint density at radius 3 is 2.40 bits per heavy atom. The molecule has 2 aliphatic rings. The number of aryl methyl sites for hydroxylation is 1. The lowest BCUT2D eigenvalue weighted by atomic mass is 9.65. The number of amides is 2. The number of nitrogens with zero attached hydrogens (tertiary/aromatic N) is 1. The van der Waals surface area contributed by atoms with Crippen LogP contribution >= 0.6 is 11.9 Å². The highest BCUT2D eigenvalue weighted by Gasteiger charge is 2.50. The van der Waals surface area contributed by atoms with Gasteiger partial charge in [0.2, 0.25) is 0 Å². The number of methoxy groups -OCH3 is 2. The van der Waals surface area contributed by atoms with E-state index < -0.39 is 12.1 Å². The van der Waals surface area contributed by atoms with Crippen molar-refractivity contribution in [2.75, 3.05) is 27.8 Å². The predicted molar refractivity (Wildman–Crippen MR) is 142 cm³/mol. The van der Waals surface area contributed by atoms with Crippen LogP contribution in [0.2, 0.25) is 0 Å². The normalized spacial score (nSPS) is 22.4. The Bertz CT molecular complexity index is 1220. The number of hydrogen-bond acceptors (Lipinski definition) is 6. The van der Waals surface area contributed by atoms with Crippen LogP contribution in [0.3, 0.4) is 0 Å². The summed E-state index contributed by atoms with van der Waals surface area (Å²) < 4.78 is 59.0. The first-order chi connectivity index (χ1) is 18.8. The average Bonchev–Trinajstić information content (AvgIpc) is 3.25. The molecule has 1 saturated heterocycles. The number of hydrogen-bond donors (Lipinski definition) is 3. The van der Waals surface area contributed by atoms with Crippen LogP contribution < -0.4 is 19.5 Å². The van der Waals surface area contributed by atoms with Crippen LogP contribution in [-0.4, -0.2) is 68.1 Å². The van der Waals surface area contributed by atoms with Crippen molar-refractivity contribution >= 4 is 23.9 Å². The summed E-state index contributed by atoms with van der Waals surface area (Å²) in [7, 11) is 5.48. The Morgan fingerprint density at radius 2 is 1.77 bits per heavy atom. The number of halogens is 4. The molecule has 3 N–H and O–H groups in total. The fraction of sp³-hybridized carbons (Fsp3) is 0.481. The summed E-state index contributed by atoms with van der Waals surface area (Å²) in [4.78, 5) is 24.6. The summed E-state index contributed by atoms with van der Waals surface area (Å²) >= 11 is 1.14. The number of benzene rings is 2. The highest BCUT2D eigenvalue weighted by Crippen LogP contribution is 2.49. The summed E-state index contributed by atoms with van der Waals surface area (Å²) in [6.07, 6.45) is -1.24. The van der Waals surface area contributed by atoms with Crippen LogP contribution in [0.1, 0.15) is 36.8 Å². The molecule has 0 aromatic heterocycles. The summed E-state index contributed by atoms with van der Waals surface area (Å²) in [6.45, 7) is 2.92. The number of carbonyl (C=O) groups excluding carboxylic acids is 1. The van der Waals surface area contributed by atoms with Crippen LogP contribution in [0, 0.1) is 12.7 Å². The topological polar surface area (TPSA) is 100 Å². The number of carboxylic acid groups (broad SMARTS) is 1. The van der Waals surface area contributed by atoms with Crippen molar-refractivity contribution in [3.63, 3.8) is 0 Å². The Balaban J connectivity index is 0.000000559. The Morgan fingerprint density at radius 1 is 1.10 bits per heavy atom. The predicted octanol–water partition coefficient (Wildman–Crippen LogP) is 5.29.